The molecule has 0 spiro atoms. The first-order chi connectivity index (χ1) is 17.3. The van der Waals surface area contributed by atoms with Crippen molar-refractivity contribution in [3.63, 3.8) is 0 Å². The van der Waals surface area contributed by atoms with Gasteiger partial charge in [-0.25, -0.2) is 8.78 Å². The molecular formula is C24H23F2N5O4S. The number of hydrogen-bond acceptors (Lipinski definition) is 7. The van der Waals surface area contributed by atoms with Crippen LogP contribution in [0.15, 0.2) is 48.5 Å². The van der Waals surface area contributed by atoms with Crippen molar-refractivity contribution in [3.05, 3.63) is 76.3 Å². The maximum atomic E-state index is 15.1. The first-order valence-electron chi connectivity index (χ1n) is 11.1. The Kier molecular flexibility index (Phi) is 7.55. The van der Waals surface area contributed by atoms with Crippen LogP contribution in [0.5, 0.6) is 0 Å². The number of primary amides is 1. The SMILES string of the molecule is NC(=O)c1nsc(C(=O)N(c2ccccc2F)[C@H](C(=O)NC[C@H]2CCCO2)c2ccc(F)cc2)c1N. The molecule has 9 nitrogen and oxygen atoms in total. The standard InChI is InChI=1S/C24H23F2N5O4S/c25-14-9-7-13(8-10-14)20(23(33)29-12-15-4-3-11-35-15)31(17-6-2-1-5-16(17)26)24(34)21-18(27)19(22(28)32)30-36-21/h1-2,5-10,15,20H,3-4,11-12,27H2,(H2,28,32)(H,29,33)/t15-,20+/m1/s1. The minimum absolute atomic E-state index is 0.171. The van der Waals surface area contributed by atoms with E-state index in [2.05, 4.69) is 9.69 Å². The van der Waals surface area contributed by atoms with Crippen LogP contribution in [0.3, 0.4) is 0 Å². The average Bonchev–Trinajstić information content (AvgIpc) is 3.52. The van der Waals surface area contributed by atoms with E-state index in [1.807, 2.05) is 0 Å². The van der Waals surface area contributed by atoms with Gasteiger partial charge in [0.15, 0.2) is 5.69 Å². The number of benzene rings is 2. The Hall–Kier alpha value is -3.90. The van der Waals surface area contributed by atoms with Gasteiger partial charge in [0.1, 0.15) is 22.6 Å². The molecule has 2 atom stereocenters. The van der Waals surface area contributed by atoms with Gasteiger partial charge in [-0.15, -0.1) is 0 Å². The second kappa shape index (κ2) is 10.8. The lowest BCUT2D eigenvalue weighted by molar-refractivity contribution is -0.123. The number of carbonyl (C=O) groups is 3. The molecule has 4 rings (SSSR count). The topological polar surface area (TPSA) is 141 Å². The molecule has 2 heterocycles. The predicted molar refractivity (Wildman–Crippen MR) is 129 cm³/mol. The Morgan fingerprint density at radius 3 is 2.50 bits per heavy atom. The highest BCUT2D eigenvalue weighted by Gasteiger charge is 2.37. The van der Waals surface area contributed by atoms with E-state index in [0.717, 1.165) is 35.9 Å². The van der Waals surface area contributed by atoms with Crippen molar-refractivity contribution >= 4 is 40.6 Å². The van der Waals surface area contributed by atoms with Crippen molar-refractivity contribution in [2.24, 2.45) is 5.73 Å². The van der Waals surface area contributed by atoms with Crippen molar-refractivity contribution in [2.75, 3.05) is 23.8 Å². The number of para-hydroxylation sites is 1. The predicted octanol–water partition coefficient (Wildman–Crippen LogP) is 2.79. The fourth-order valence-electron chi connectivity index (χ4n) is 3.93. The Balaban J connectivity index is 1.82. The van der Waals surface area contributed by atoms with Crippen molar-refractivity contribution in [2.45, 2.75) is 25.0 Å². The molecule has 3 amide bonds. The van der Waals surface area contributed by atoms with Gasteiger partial charge >= 0.3 is 0 Å². The van der Waals surface area contributed by atoms with E-state index < -0.39 is 35.4 Å². The van der Waals surface area contributed by atoms with Crippen LogP contribution < -0.4 is 21.7 Å². The number of aromatic nitrogens is 1. The third kappa shape index (κ3) is 5.19. The molecule has 12 heteroatoms. The van der Waals surface area contributed by atoms with E-state index >= 15 is 4.39 Å². The lowest BCUT2D eigenvalue weighted by Crippen LogP contribution is -2.46. The van der Waals surface area contributed by atoms with Crippen LogP contribution in [0, 0.1) is 11.6 Å². The van der Waals surface area contributed by atoms with Crippen LogP contribution in [0.25, 0.3) is 0 Å². The number of nitrogen functional groups attached to an aromatic ring is 1. The first-order valence-corrected chi connectivity index (χ1v) is 11.8. The van der Waals surface area contributed by atoms with E-state index in [0.29, 0.717) is 18.1 Å². The molecular weight excluding hydrogens is 492 g/mol. The summed E-state index contributed by atoms with van der Waals surface area (Å²) in [7, 11) is 0. The number of nitrogens with zero attached hydrogens (tertiary/aromatic N) is 2. The number of nitrogens with two attached hydrogens (primary N) is 2. The average molecular weight is 516 g/mol. The molecule has 1 fully saturated rings. The molecule has 0 saturated carbocycles. The lowest BCUT2D eigenvalue weighted by Gasteiger charge is -2.31. The number of nitrogens with one attached hydrogen (secondary N) is 1. The zero-order valence-electron chi connectivity index (χ0n) is 18.9. The molecule has 2 aromatic carbocycles. The molecule has 1 aromatic heterocycles. The van der Waals surface area contributed by atoms with Gasteiger partial charge in [-0.2, -0.15) is 4.37 Å². The number of ether oxygens (including phenoxy) is 1. The van der Waals surface area contributed by atoms with Crippen molar-refractivity contribution < 1.29 is 27.9 Å². The van der Waals surface area contributed by atoms with Gasteiger partial charge in [0.25, 0.3) is 11.8 Å². The minimum atomic E-state index is -1.42. The summed E-state index contributed by atoms with van der Waals surface area (Å²) in [6.07, 6.45) is 1.41. The maximum Gasteiger partial charge on any atom is 0.273 e. The fourth-order valence-corrected chi connectivity index (χ4v) is 4.67. The molecule has 0 unspecified atom stereocenters. The second-order valence-electron chi connectivity index (χ2n) is 8.10. The van der Waals surface area contributed by atoms with E-state index in [4.69, 9.17) is 16.2 Å². The van der Waals surface area contributed by atoms with Gasteiger partial charge in [0, 0.05) is 13.2 Å². The molecule has 5 N–H and O–H groups in total. The summed E-state index contributed by atoms with van der Waals surface area (Å²) in [5.74, 6) is -3.82. The number of anilines is 2. The molecule has 0 radical (unpaired) electrons. The third-order valence-electron chi connectivity index (χ3n) is 5.71. The van der Waals surface area contributed by atoms with Crippen molar-refractivity contribution in [3.8, 4) is 0 Å². The molecule has 1 aliphatic heterocycles. The van der Waals surface area contributed by atoms with Gasteiger partial charge in [-0.05, 0) is 54.2 Å². The lowest BCUT2D eigenvalue weighted by atomic mass is 10.0. The summed E-state index contributed by atoms with van der Waals surface area (Å²) in [5.41, 5.74) is 10.7. The van der Waals surface area contributed by atoms with E-state index in [1.54, 1.807) is 0 Å². The van der Waals surface area contributed by atoms with Gasteiger partial charge in [-0.3, -0.25) is 19.3 Å². The molecule has 0 bridgehead atoms. The van der Waals surface area contributed by atoms with E-state index in [9.17, 15) is 18.8 Å². The Morgan fingerprint density at radius 2 is 1.89 bits per heavy atom. The smallest absolute Gasteiger partial charge is 0.273 e. The highest BCUT2D eigenvalue weighted by Crippen LogP contribution is 2.34. The van der Waals surface area contributed by atoms with Crippen molar-refractivity contribution in [1.29, 1.82) is 0 Å². The second-order valence-corrected chi connectivity index (χ2v) is 8.87. The quantitative estimate of drug-likeness (QED) is 0.421. The molecule has 1 saturated heterocycles. The Morgan fingerprint density at radius 1 is 1.17 bits per heavy atom. The number of amides is 3. The zero-order valence-corrected chi connectivity index (χ0v) is 19.8. The highest BCUT2D eigenvalue weighted by atomic mass is 32.1. The van der Waals surface area contributed by atoms with Crippen LogP contribution in [-0.4, -0.2) is 41.4 Å². The first kappa shape index (κ1) is 25.2. The molecule has 1 aliphatic rings. The number of carbonyl (C=O) groups excluding carboxylic acids is 3. The monoisotopic (exact) mass is 515 g/mol. The summed E-state index contributed by atoms with van der Waals surface area (Å²) >= 11 is 0.601. The molecule has 188 valence electrons. The van der Waals surface area contributed by atoms with Crippen LogP contribution in [0.1, 0.15) is 44.6 Å². The zero-order chi connectivity index (χ0) is 25.8. The Bertz CT molecular complexity index is 1280. The molecule has 3 aromatic rings. The summed E-state index contributed by atoms with van der Waals surface area (Å²) in [5, 5.41) is 2.76. The number of hydrogen-bond donors (Lipinski definition) is 3. The van der Waals surface area contributed by atoms with Crippen LogP contribution in [-0.2, 0) is 9.53 Å². The van der Waals surface area contributed by atoms with Gasteiger partial charge in [0.05, 0.1) is 17.5 Å². The molecule has 36 heavy (non-hydrogen) atoms. The minimum Gasteiger partial charge on any atom is -0.395 e. The van der Waals surface area contributed by atoms with Gasteiger partial charge < -0.3 is 21.5 Å². The third-order valence-corrected chi connectivity index (χ3v) is 6.56. The highest BCUT2D eigenvalue weighted by molar-refractivity contribution is 7.09. The van der Waals surface area contributed by atoms with Gasteiger partial charge in [-0.1, -0.05) is 24.3 Å². The summed E-state index contributed by atoms with van der Waals surface area (Å²) in [4.78, 5) is 39.7. The summed E-state index contributed by atoms with van der Waals surface area (Å²) in [6.45, 7) is 0.749. The number of rotatable bonds is 8. The van der Waals surface area contributed by atoms with Crippen LogP contribution in [0.2, 0.25) is 0 Å². The largest absolute Gasteiger partial charge is 0.395 e. The van der Waals surface area contributed by atoms with E-state index in [-0.39, 0.29) is 40.2 Å². The van der Waals surface area contributed by atoms with Crippen LogP contribution in [0.4, 0.5) is 20.2 Å². The summed E-state index contributed by atoms with van der Waals surface area (Å²) in [6, 6.07) is 8.88. The fraction of sp³-hybridized carbons (Fsp3) is 0.250. The van der Waals surface area contributed by atoms with Crippen molar-refractivity contribution in [1.82, 2.24) is 9.69 Å². The molecule has 0 aliphatic carbocycles. The van der Waals surface area contributed by atoms with Gasteiger partial charge in [0.2, 0.25) is 5.91 Å². The van der Waals surface area contributed by atoms with E-state index in [1.165, 1.54) is 30.3 Å². The summed E-state index contributed by atoms with van der Waals surface area (Å²) < 4.78 is 38.2. The maximum absolute atomic E-state index is 15.1. The number of halogens is 2. The Labute approximate surface area is 209 Å². The van der Waals surface area contributed by atoms with Crippen LogP contribution >= 0.6 is 11.5 Å². The normalized spacial score (nSPS) is 15.9.